The fourth-order valence-electron chi connectivity index (χ4n) is 2.48. The number of thiazole rings is 1. The Bertz CT molecular complexity index is 561. The van der Waals surface area contributed by atoms with Crippen LogP contribution in [-0.4, -0.2) is 41.4 Å². The monoisotopic (exact) mass is 304 g/mol. The van der Waals surface area contributed by atoms with E-state index in [2.05, 4.69) is 4.98 Å². The van der Waals surface area contributed by atoms with Crippen LogP contribution in [0, 0.1) is 0 Å². The third kappa shape index (κ3) is 2.65. The summed E-state index contributed by atoms with van der Waals surface area (Å²) in [5, 5.41) is 9.00. The maximum Gasteiger partial charge on any atom is 0.356 e. The molecule has 6 nitrogen and oxygen atoms in total. The third-order valence-corrected chi connectivity index (χ3v) is 6.70. The predicted octanol–water partition coefficient (Wildman–Crippen LogP) is 1.79. The maximum atomic E-state index is 12.6. The first-order valence-electron chi connectivity index (χ1n) is 6.17. The standard InChI is InChI=1S/C11H16N2O4S2/c1-2-13(8-5-3-4-6-8)19(16,17)11-9(10(14)15)12-7-18-11/h7-8H,2-6H2,1H3,(H,14,15). The quantitative estimate of drug-likeness (QED) is 0.896. The van der Waals surface area contributed by atoms with Crippen LogP contribution in [0.15, 0.2) is 9.72 Å². The first-order valence-corrected chi connectivity index (χ1v) is 8.49. The molecule has 106 valence electrons. The van der Waals surface area contributed by atoms with Gasteiger partial charge in [0.25, 0.3) is 10.0 Å². The molecule has 1 heterocycles. The van der Waals surface area contributed by atoms with E-state index >= 15 is 0 Å². The molecule has 0 unspecified atom stereocenters. The third-order valence-electron chi connectivity index (χ3n) is 3.32. The van der Waals surface area contributed by atoms with Crippen LogP contribution in [0.1, 0.15) is 43.1 Å². The second kappa shape index (κ2) is 5.56. The Balaban J connectivity index is 2.39. The van der Waals surface area contributed by atoms with Crippen molar-refractivity contribution in [2.24, 2.45) is 0 Å². The van der Waals surface area contributed by atoms with Crippen LogP contribution < -0.4 is 0 Å². The summed E-state index contributed by atoms with van der Waals surface area (Å²) >= 11 is 0.866. The molecule has 0 aliphatic heterocycles. The molecule has 1 aromatic heterocycles. The number of hydrogen-bond donors (Lipinski definition) is 1. The van der Waals surface area contributed by atoms with Crippen molar-refractivity contribution >= 4 is 27.3 Å². The molecule has 8 heteroatoms. The summed E-state index contributed by atoms with van der Waals surface area (Å²) in [4.78, 5) is 14.7. The van der Waals surface area contributed by atoms with Crippen LogP contribution in [-0.2, 0) is 10.0 Å². The first kappa shape index (κ1) is 14.4. The zero-order chi connectivity index (χ0) is 14.0. The van der Waals surface area contributed by atoms with Crippen molar-refractivity contribution in [3.05, 3.63) is 11.2 Å². The molecule has 1 saturated carbocycles. The number of sulfonamides is 1. The number of rotatable bonds is 5. The molecule has 1 aliphatic rings. The van der Waals surface area contributed by atoms with Gasteiger partial charge < -0.3 is 5.11 Å². The molecule has 1 aromatic rings. The SMILES string of the molecule is CCN(C1CCCC1)S(=O)(=O)c1scnc1C(=O)O. The highest BCUT2D eigenvalue weighted by Crippen LogP contribution is 2.31. The van der Waals surface area contributed by atoms with Crippen LogP contribution in [0.4, 0.5) is 0 Å². The van der Waals surface area contributed by atoms with E-state index in [1.807, 2.05) is 0 Å². The van der Waals surface area contributed by atoms with Crippen LogP contribution in [0.25, 0.3) is 0 Å². The van der Waals surface area contributed by atoms with Crippen molar-refractivity contribution in [2.75, 3.05) is 6.54 Å². The average molecular weight is 304 g/mol. The molecule has 0 bridgehead atoms. The molecule has 1 N–H and O–H groups in total. The lowest BCUT2D eigenvalue weighted by molar-refractivity contribution is 0.0687. The van der Waals surface area contributed by atoms with Gasteiger partial charge in [0, 0.05) is 12.6 Å². The van der Waals surface area contributed by atoms with E-state index in [1.54, 1.807) is 6.92 Å². The summed E-state index contributed by atoms with van der Waals surface area (Å²) in [5.41, 5.74) is 0.889. The van der Waals surface area contributed by atoms with Gasteiger partial charge in [0.2, 0.25) is 0 Å². The Labute approximate surface area is 116 Å². The van der Waals surface area contributed by atoms with Crippen molar-refractivity contribution in [3.63, 3.8) is 0 Å². The predicted molar refractivity (Wildman–Crippen MR) is 70.9 cm³/mol. The van der Waals surface area contributed by atoms with Gasteiger partial charge in [-0.1, -0.05) is 19.8 Å². The number of hydrogen-bond acceptors (Lipinski definition) is 5. The van der Waals surface area contributed by atoms with Crippen LogP contribution in [0.2, 0.25) is 0 Å². The highest BCUT2D eigenvalue weighted by atomic mass is 32.2. The maximum absolute atomic E-state index is 12.6. The number of nitrogens with zero attached hydrogens (tertiary/aromatic N) is 2. The number of carbonyl (C=O) groups is 1. The fraction of sp³-hybridized carbons (Fsp3) is 0.636. The Hall–Kier alpha value is -0.990. The highest BCUT2D eigenvalue weighted by molar-refractivity contribution is 7.91. The summed E-state index contributed by atoms with van der Waals surface area (Å²) < 4.78 is 26.4. The molecular weight excluding hydrogens is 288 g/mol. The Kier molecular flexibility index (Phi) is 4.22. The summed E-state index contributed by atoms with van der Waals surface area (Å²) in [6.45, 7) is 2.13. The van der Waals surface area contributed by atoms with Gasteiger partial charge in [-0.3, -0.25) is 0 Å². The minimum Gasteiger partial charge on any atom is -0.476 e. The first-order chi connectivity index (χ1) is 8.98. The van der Waals surface area contributed by atoms with E-state index in [1.165, 1.54) is 9.82 Å². The van der Waals surface area contributed by atoms with Gasteiger partial charge in [-0.05, 0) is 12.8 Å². The molecular formula is C11H16N2O4S2. The number of carboxylic acids is 1. The molecule has 19 heavy (non-hydrogen) atoms. The van der Waals surface area contributed by atoms with Crippen LogP contribution >= 0.6 is 11.3 Å². The van der Waals surface area contributed by atoms with Crippen molar-refractivity contribution in [1.82, 2.24) is 9.29 Å². The minimum atomic E-state index is -3.76. The zero-order valence-corrected chi connectivity index (χ0v) is 12.2. The lowest BCUT2D eigenvalue weighted by Gasteiger charge is -2.26. The van der Waals surface area contributed by atoms with E-state index in [9.17, 15) is 13.2 Å². The number of aromatic carboxylic acids is 1. The van der Waals surface area contributed by atoms with E-state index in [-0.39, 0.29) is 15.9 Å². The molecule has 2 rings (SSSR count). The number of aromatic nitrogens is 1. The Morgan fingerprint density at radius 1 is 1.53 bits per heavy atom. The fourth-order valence-corrected chi connectivity index (χ4v) is 5.43. The molecule has 0 amide bonds. The smallest absolute Gasteiger partial charge is 0.356 e. The summed E-state index contributed by atoms with van der Waals surface area (Å²) in [6, 6.07) is -0.0151. The van der Waals surface area contributed by atoms with Gasteiger partial charge in [0.1, 0.15) is 0 Å². The molecule has 0 spiro atoms. The molecule has 0 radical (unpaired) electrons. The van der Waals surface area contributed by atoms with Gasteiger partial charge in [-0.2, -0.15) is 4.31 Å². The number of carboxylic acid groups (broad SMARTS) is 1. The topological polar surface area (TPSA) is 87.6 Å². The van der Waals surface area contributed by atoms with Gasteiger partial charge >= 0.3 is 5.97 Å². The summed E-state index contributed by atoms with van der Waals surface area (Å²) in [7, 11) is -3.76. The van der Waals surface area contributed by atoms with E-state index in [4.69, 9.17) is 5.11 Å². The van der Waals surface area contributed by atoms with Crippen molar-refractivity contribution in [2.45, 2.75) is 42.9 Å². The van der Waals surface area contributed by atoms with Crippen molar-refractivity contribution in [1.29, 1.82) is 0 Å². The van der Waals surface area contributed by atoms with Gasteiger partial charge in [0.05, 0.1) is 5.51 Å². The van der Waals surface area contributed by atoms with E-state index < -0.39 is 16.0 Å². The minimum absolute atomic E-state index is 0.0151. The molecule has 0 atom stereocenters. The van der Waals surface area contributed by atoms with E-state index in [0.717, 1.165) is 37.0 Å². The van der Waals surface area contributed by atoms with E-state index in [0.29, 0.717) is 6.54 Å². The summed E-state index contributed by atoms with van der Waals surface area (Å²) in [5.74, 6) is -1.30. The Morgan fingerprint density at radius 3 is 2.68 bits per heavy atom. The second-order valence-corrected chi connectivity index (χ2v) is 7.38. The molecule has 0 saturated heterocycles. The zero-order valence-electron chi connectivity index (χ0n) is 10.6. The normalized spacial score (nSPS) is 17.2. The van der Waals surface area contributed by atoms with Gasteiger partial charge in [-0.15, -0.1) is 11.3 Å². The van der Waals surface area contributed by atoms with Crippen LogP contribution in [0.5, 0.6) is 0 Å². The molecule has 0 aromatic carbocycles. The van der Waals surface area contributed by atoms with Crippen molar-refractivity contribution in [3.8, 4) is 0 Å². The van der Waals surface area contributed by atoms with Crippen LogP contribution in [0.3, 0.4) is 0 Å². The molecule has 1 aliphatic carbocycles. The lowest BCUT2D eigenvalue weighted by Crippen LogP contribution is -2.38. The van der Waals surface area contributed by atoms with Crippen molar-refractivity contribution < 1.29 is 18.3 Å². The Morgan fingerprint density at radius 2 is 2.16 bits per heavy atom. The second-order valence-electron chi connectivity index (χ2n) is 4.44. The lowest BCUT2D eigenvalue weighted by atomic mass is 10.2. The molecule has 1 fully saturated rings. The summed E-state index contributed by atoms with van der Waals surface area (Å²) in [6.07, 6.45) is 3.72. The highest BCUT2D eigenvalue weighted by Gasteiger charge is 2.36. The average Bonchev–Trinajstić information content (AvgIpc) is 3.00. The van der Waals surface area contributed by atoms with Gasteiger partial charge in [0.15, 0.2) is 9.90 Å². The van der Waals surface area contributed by atoms with Gasteiger partial charge in [-0.25, -0.2) is 18.2 Å². The largest absolute Gasteiger partial charge is 0.476 e.